The van der Waals surface area contributed by atoms with Gasteiger partial charge in [0.15, 0.2) is 5.78 Å². The lowest BCUT2D eigenvalue weighted by molar-refractivity contribution is 0.0952. The van der Waals surface area contributed by atoms with Gasteiger partial charge in [-0.05, 0) is 31.5 Å². The van der Waals surface area contributed by atoms with Crippen LogP contribution in [0.1, 0.15) is 29.4 Å². The minimum absolute atomic E-state index is 0.141. The molecule has 2 aliphatic rings. The summed E-state index contributed by atoms with van der Waals surface area (Å²) in [6.07, 6.45) is 1.39. The number of aromatic nitrogens is 2. The van der Waals surface area contributed by atoms with Crippen LogP contribution in [0.2, 0.25) is 0 Å². The predicted octanol–water partition coefficient (Wildman–Crippen LogP) is 2.74. The van der Waals surface area contributed by atoms with E-state index in [2.05, 4.69) is 29.1 Å². The van der Waals surface area contributed by atoms with Gasteiger partial charge < -0.3 is 15.1 Å². The lowest BCUT2D eigenvalue weighted by Gasteiger charge is -2.33. The first-order valence-electron chi connectivity index (χ1n) is 9.30. The number of piperazine rings is 1. The molecule has 1 aliphatic carbocycles. The topological polar surface area (TPSA) is 61.4 Å². The Kier molecular flexibility index (Phi) is 4.59. The maximum absolute atomic E-state index is 12.7. The van der Waals surface area contributed by atoms with Gasteiger partial charge in [0.1, 0.15) is 5.82 Å². The van der Waals surface area contributed by atoms with E-state index in [1.54, 1.807) is 0 Å². The molecule has 2 heterocycles. The first-order chi connectivity index (χ1) is 12.6. The standard InChI is InChI=1S/C20H25N5O/c1-14-12-16-18(17(26)13-14)19(21-15-6-4-3-5-7-15)23-20(22-16)25-10-8-24(2)9-11-25/h3-7,14H,8-13H2,1-2H3,(H,21,22,23)/t14-/m1/s1. The minimum atomic E-state index is 0.141. The zero-order valence-electron chi connectivity index (χ0n) is 15.4. The summed E-state index contributed by atoms with van der Waals surface area (Å²) < 4.78 is 0. The van der Waals surface area contributed by atoms with Gasteiger partial charge in [0, 0.05) is 38.3 Å². The highest BCUT2D eigenvalue weighted by Crippen LogP contribution is 2.32. The fraction of sp³-hybridized carbons (Fsp3) is 0.450. The van der Waals surface area contributed by atoms with Crippen LogP contribution in [-0.2, 0) is 6.42 Å². The van der Waals surface area contributed by atoms with Gasteiger partial charge in [-0.15, -0.1) is 0 Å². The number of carbonyl (C=O) groups is 1. The minimum Gasteiger partial charge on any atom is -0.339 e. The van der Waals surface area contributed by atoms with Crippen molar-refractivity contribution in [3.8, 4) is 0 Å². The fourth-order valence-corrected chi connectivity index (χ4v) is 3.65. The van der Waals surface area contributed by atoms with Crippen molar-refractivity contribution in [2.24, 2.45) is 5.92 Å². The molecule has 26 heavy (non-hydrogen) atoms. The van der Waals surface area contributed by atoms with Gasteiger partial charge in [0.2, 0.25) is 5.95 Å². The van der Waals surface area contributed by atoms with Gasteiger partial charge in [0.25, 0.3) is 0 Å². The molecule has 1 fully saturated rings. The number of rotatable bonds is 3. The molecule has 0 radical (unpaired) electrons. The second kappa shape index (κ2) is 7.03. The van der Waals surface area contributed by atoms with Crippen LogP contribution in [-0.4, -0.2) is 53.9 Å². The summed E-state index contributed by atoms with van der Waals surface area (Å²) in [5.41, 5.74) is 2.49. The summed E-state index contributed by atoms with van der Waals surface area (Å²) in [4.78, 5) is 26.8. The average molecular weight is 351 g/mol. The van der Waals surface area contributed by atoms with Crippen LogP contribution < -0.4 is 10.2 Å². The van der Waals surface area contributed by atoms with Crippen molar-refractivity contribution in [1.82, 2.24) is 14.9 Å². The molecule has 1 aromatic carbocycles. The molecule has 1 saturated heterocycles. The van der Waals surface area contributed by atoms with Crippen LogP contribution >= 0.6 is 0 Å². The van der Waals surface area contributed by atoms with Crippen molar-refractivity contribution >= 4 is 23.2 Å². The van der Waals surface area contributed by atoms with Gasteiger partial charge >= 0.3 is 0 Å². The molecule has 6 heteroatoms. The normalized spacial score (nSPS) is 20.8. The van der Waals surface area contributed by atoms with E-state index in [0.717, 1.165) is 49.9 Å². The first-order valence-corrected chi connectivity index (χ1v) is 9.30. The third-order valence-corrected chi connectivity index (χ3v) is 5.15. The van der Waals surface area contributed by atoms with E-state index in [-0.39, 0.29) is 5.78 Å². The number of benzene rings is 1. The van der Waals surface area contributed by atoms with E-state index in [0.29, 0.717) is 23.7 Å². The molecule has 0 amide bonds. The maximum atomic E-state index is 12.7. The summed E-state index contributed by atoms with van der Waals surface area (Å²) in [6.45, 7) is 5.92. The van der Waals surface area contributed by atoms with Crippen LogP contribution in [0.4, 0.5) is 17.5 Å². The van der Waals surface area contributed by atoms with Crippen LogP contribution in [0.15, 0.2) is 30.3 Å². The molecule has 4 rings (SSSR count). The van der Waals surface area contributed by atoms with E-state index >= 15 is 0 Å². The van der Waals surface area contributed by atoms with Crippen LogP contribution in [0.3, 0.4) is 0 Å². The van der Waals surface area contributed by atoms with Crippen LogP contribution in [0.5, 0.6) is 0 Å². The number of nitrogens with one attached hydrogen (secondary N) is 1. The van der Waals surface area contributed by atoms with Gasteiger partial charge in [0.05, 0.1) is 11.3 Å². The molecule has 1 aliphatic heterocycles. The lowest BCUT2D eigenvalue weighted by atomic mass is 9.87. The highest BCUT2D eigenvalue weighted by atomic mass is 16.1. The van der Waals surface area contributed by atoms with E-state index in [1.165, 1.54) is 0 Å². The van der Waals surface area contributed by atoms with E-state index < -0.39 is 0 Å². The Labute approximate surface area is 154 Å². The number of hydrogen-bond donors (Lipinski definition) is 1. The number of ketones is 1. The molecule has 6 nitrogen and oxygen atoms in total. The summed E-state index contributed by atoms with van der Waals surface area (Å²) in [5, 5.41) is 3.36. The predicted molar refractivity (Wildman–Crippen MR) is 103 cm³/mol. The Morgan fingerprint density at radius 1 is 1.04 bits per heavy atom. The molecule has 1 N–H and O–H groups in total. The van der Waals surface area contributed by atoms with Crippen molar-refractivity contribution in [3.05, 3.63) is 41.6 Å². The summed E-state index contributed by atoms with van der Waals surface area (Å²) in [7, 11) is 2.13. The number of nitrogens with zero attached hydrogens (tertiary/aromatic N) is 4. The van der Waals surface area contributed by atoms with Crippen molar-refractivity contribution in [2.75, 3.05) is 43.4 Å². The van der Waals surface area contributed by atoms with Crippen LogP contribution in [0.25, 0.3) is 0 Å². The van der Waals surface area contributed by atoms with E-state index in [9.17, 15) is 4.79 Å². The number of para-hydroxylation sites is 1. The van der Waals surface area contributed by atoms with Gasteiger partial charge in [-0.1, -0.05) is 25.1 Å². The molecule has 0 unspecified atom stereocenters. The van der Waals surface area contributed by atoms with Crippen molar-refractivity contribution in [3.63, 3.8) is 0 Å². The second-order valence-electron chi connectivity index (χ2n) is 7.41. The number of likely N-dealkylation sites (N-methyl/N-ethyl adjacent to an activating group) is 1. The highest BCUT2D eigenvalue weighted by Gasteiger charge is 2.29. The number of carbonyl (C=O) groups excluding carboxylic acids is 1. The summed E-state index contributed by atoms with van der Waals surface area (Å²) >= 11 is 0. The molecular formula is C20H25N5O. The molecule has 136 valence electrons. The molecule has 0 bridgehead atoms. The van der Waals surface area contributed by atoms with Crippen molar-refractivity contribution in [2.45, 2.75) is 19.8 Å². The van der Waals surface area contributed by atoms with Gasteiger partial charge in [-0.25, -0.2) is 4.98 Å². The monoisotopic (exact) mass is 351 g/mol. The largest absolute Gasteiger partial charge is 0.339 e. The van der Waals surface area contributed by atoms with Gasteiger partial charge in [-0.3, -0.25) is 4.79 Å². The zero-order valence-corrected chi connectivity index (χ0v) is 15.4. The third-order valence-electron chi connectivity index (χ3n) is 5.15. The Morgan fingerprint density at radius 3 is 2.50 bits per heavy atom. The summed E-state index contributed by atoms with van der Waals surface area (Å²) in [6, 6.07) is 9.89. The fourth-order valence-electron chi connectivity index (χ4n) is 3.65. The maximum Gasteiger partial charge on any atom is 0.227 e. The quantitative estimate of drug-likeness (QED) is 0.917. The smallest absolute Gasteiger partial charge is 0.227 e. The molecule has 0 saturated carbocycles. The highest BCUT2D eigenvalue weighted by molar-refractivity contribution is 6.03. The molecule has 2 aromatic rings. The van der Waals surface area contributed by atoms with E-state index in [4.69, 9.17) is 9.97 Å². The van der Waals surface area contributed by atoms with Crippen molar-refractivity contribution < 1.29 is 4.79 Å². The van der Waals surface area contributed by atoms with Gasteiger partial charge in [-0.2, -0.15) is 4.98 Å². The number of fused-ring (bicyclic) bond motifs is 1. The van der Waals surface area contributed by atoms with E-state index in [1.807, 2.05) is 30.3 Å². The SMILES string of the molecule is C[C@H]1CC(=O)c2c(nc(N3CCN(C)CC3)nc2Nc2ccccc2)C1. The number of Topliss-reactive ketones (excluding diaryl/α,β-unsaturated/α-hetero) is 1. The number of anilines is 3. The van der Waals surface area contributed by atoms with Crippen molar-refractivity contribution in [1.29, 1.82) is 0 Å². The van der Waals surface area contributed by atoms with Crippen LogP contribution in [0, 0.1) is 5.92 Å². The first kappa shape index (κ1) is 17.0. The number of hydrogen-bond acceptors (Lipinski definition) is 6. The Bertz CT molecular complexity index is 799. The molecular weight excluding hydrogens is 326 g/mol. The third kappa shape index (κ3) is 3.42. The Balaban J connectivity index is 1.73. The average Bonchev–Trinajstić information content (AvgIpc) is 2.62. The summed E-state index contributed by atoms with van der Waals surface area (Å²) in [5.74, 6) is 1.85. The second-order valence-corrected chi connectivity index (χ2v) is 7.41. The Hall–Kier alpha value is -2.47. The molecule has 1 atom stereocenters. The zero-order chi connectivity index (χ0) is 18.1. The Morgan fingerprint density at radius 2 is 1.77 bits per heavy atom. The molecule has 1 aromatic heterocycles. The molecule has 0 spiro atoms. The lowest BCUT2D eigenvalue weighted by Crippen LogP contribution is -2.45.